The Morgan fingerprint density at radius 1 is 1.53 bits per heavy atom. The Bertz CT molecular complexity index is 441. The van der Waals surface area contributed by atoms with Crippen molar-refractivity contribution in [2.75, 3.05) is 5.73 Å². The number of nitrogens with zero attached hydrogens (tertiary/aromatic N) is 1. The second kappa shape index (κ2) is 4.64. The lowest BCUT2D eigenvalue weighted by molar-refractivity contribution is 0.0907. The van der Waals surface area contributed by atoms with Gasteiger partial charge in [-0.1, -0.05) is 12.8 Å². The molecule has 0 atom stereocenters. The third-order valence-corrected chi connectivity index (χ3v) is 3.88. The van der Waals surface area contributed by atoms with Crippen LogP contribution in [0.2, 0.25) is 0 Å². The number of carbonyl (C=O) groups is 1. The molecule has 1 fully saturated rings. The van der Waals surface area contributed by atoms with Gasteiger partial charge in [-0.05, 0) is 41.8 Å². The van der Waals surface area contributed by atoms with Gasteiger partial charge in [0.15, 0.2) is 0 Å². The Kier molecular flexibility index (Phi) is 3.38. The Labute approximate surface area is 109 Å². The van der Waals surface area contributed by atoms with Crippen molar-refractivity contribution in [2.24, 2.45) is 0 Å². The van der Waals surface area contributed by atoms with Gasteiger partial charge in [0.25, 0.3) is 5.91 Å². The second-order valence-corrected chi connectivity index (χ2v) is 5.67. The average molecular weight is 298 g/mol. The van der Waals surface area contributed by atoms with Crippen LogP contribution < -0.4 is 11.1 Å². The summed E-state index contributed by atoms with van der Waals surface area (Å²) in [6.45, 7) is 2.09. The van der Waals surface area contributed by atoms with Crippen molar-refractivity contribution >= 4 is 27.7 Å². The van der Waals surface area contributed by atoms with Crippen LogP contribution in [-0.2, 0) is 0 Å². The molecule has 3 N–H and O–H groups in total. The lowest BCUT2D eigenvalue weighted by Gasteiger charge is -2.25. The Morgan fingerprint density at radius 3 is 2.82 bits per heavy atom. The van der Waals surface area contributed by atoms with Crippen LogP contribution in [0.1, 0.15) is 43.0 Å². The normalized spacial score (nSPS) is 18.0. The van der Waals surface area contributed by atoms with Crippen LogP contribution in [0.4, 0.5) is 5.82 Å². The quantitative estimate of drug-likeness (QED) is 0.881. The van der Waals surface area contributed by atoms with E-state index in [0.29, 0.717) is 15.9 Å². The van der Waals surface area contributed by atoms with Crippen molar-refractivity contribution in [3.05, 3.63) is 22.3 Å². The molecule has 0 radical (unpaired) electrons. The third-order valence-electron chi connectivity index (χ3n) is 3.24. The van der Waals surface area contributed by atoms with Crippen LogP contribution in [0, 0.1) is 0 Å². The van der Waals surface area contributed by atoms with E-state index in [0.717, 1.165) is 12.8 Å². The Morgan fingerprint density at radius 2 is 2.18 bits per heavy atom. The highest BCUT2D eigenvalue weighted by Gasteiger charge is 2.30. The molecule has 0 aliphatic heterocycles. The fourth-order valence-corrected chi connectivity index (χ4v) is 2.65. The molecule has 92 valence electrons. The van der Waals surface area contributed by atoms with Crippen LogP contribution in [0.3, 0.4) is 0 Å². The van der Waals surface area contributed by atoms with Gasteiger partial charge in [-0.25, -0.2) is 4.98 Å². The average Bonchev–Trinajstić information content (AvgIpc) is 2.68. The first-order valence-corrected chi connectivity index (χ1v) is 6.53. The predicted octanol–water partition coefficient (Wildman–Crippen LogP) is 2.49. The molecule has 0 aromatic carbocycles. The number of carbonyl (C=O) groups excluding carboxylic acids is 1. The summed E-state index contributed by atoms with van der Waals surface area (Å²) in [6, 6.07) is 1.59. The molecule has 1 aliphatic rings. The maximum absolute atomic E-state index is 12.2. The number of halogens is 1. The van der Waals surface area contributed by atoms with Crippen LogP contribution in [0.25, 0.3) is 0 Å². The van der Waals surface area contributed by atoms with E-state index in [2.05, 4.69) is 33.2 Å². The summed E-state index contributed by atoms with van der Waals surface area (Å²) in [5.41, 5.74) is 6.07. The van der Waals surface area contributed by atoms with Gasteiger partial charge in [0.2, 0.25) is 0 Å². The van der Waals surface area contributed by atoms with Gasteiger partial charge in [0, 0.05) is 16.2 Å². The van der Waals surface area contributed by atoms with E-state index in [1.807, 2.05) is 0 Å². The van der Waals surface area contributed by atoms with Gasteiger partial charge in [-0.15, -0.1) is 0 Å². The molecule has 4 nitrogen and oxygen atoms in total. The van der Waals surface area contributed by atoms with E-state index in [9.17, 15) is 4.79 Å². The first kappa shape index (κ1) is 12.4. The van der Waals surface area contributed by atoms with Crippen LogP contribution in [0.15, 0.2) is 16.7 Å². The molecule has 0 saturated heterocycles. The molecule has 0 bridgehead atoms. The second-order valence-electron chi connectivity index (χ2n) is 4.81. The van der Waals surface area contributed by atoms with Crippen molar-refractivity contribution in [2.45, 2.75) is 38.1 Å². The van der Waals surface area contributed by atoms with Gasteiger partial charge >= 0.3 is 0 Å². The molecule has 0 spiro atoms. The molecule has 1 saturated carbocycles. The monoisotopic (exact) mass is 297 g/mol. The molecular weight excluding hydrogens is 282 g/mol. The summed E-state index contributed by atoms with van der Waals surface area (Å²) < 4.78 is 0.672. The minimum atomic E-state index is -0.0876. The van der Waals surface area contributed by atoms with E-state index in [-0.39, 0.29) is 11.4 Å². The maximum atomic E-state index is 12.2. The number of amides is 1. The number of nitrogens with one attached hydrogen (secondary N) is 1. The first-order valence-electron chi connectivity index (χ1n) is 5.74. The number of nitrogens with two attached hydrogens (primary N) is 1. The standard InChI is InChI=1S/C12H16BrN3O/c1-12(4-2-3-5-12)16-11(17)8-6-10(14)15-7-9(8)13/h6-7H,2-5H2,1H3,(H2,14,15)(H,16,17). The number of rotatable bonds is 2. The largest absolute Gasteiger partial charge is 0.384 e. The lowest BCUT2D eigenvalue weighted by Crippen LogP contribution is -2.43. The molecule has 0 unspecified atom stereocenters. The lowest BCUT2D eigenvalue weighted by atomic mass is 10.00. The summed E-state index contributed by atoms with van der Waals surface area (Å²) in [7, 11) is 0. The van der Waals surface area contributed by atoms with Gasteiger partial charge in [0.05, 0.1) is 5.56 Å². The Balaban J connectivity index is 2.17. The third kappa shape index (κ3) is 2.77. The van der Waals surface area contributed by atoms with Crippen LogP contribution in [0.5, 0.6) is 0 Å². The molecule has 5 heteroatoms. The minimum Gasteiger partial charge on any atom is -0.384 e. The fourth-order valence-electron chi connectivity index (χ4n) is 2.25. The predicted molar refractivity (Wildman–Crippen MR) is 70.7 cm³/mol. The molecule has 1 aliphatic carbocycles. The van der Waals surface area contributed by atoms with E-state index in [4.69, 9.17) is 5.73 Å². The van der Waals surface area contributed by atoms with E-state index >= 15 is 0 Å². The van der Waals surface area contributed by atoms with E-state index in [1.165, 1.54) is 12.8 Å². The zero-order valence-electron chi connectivity index (χ0n) is 9.79. The van der Waals surface area contributed by atoms with E-state index in [1.54, 1.807) is 12.3 Å². The highest BCUT2D eigenvalue weighted by Crippen LogP contribution is 2.29. The number of aromatic nitrogens is 1. The van der Waals surface area contributed by atoms with E-state index < -0.39 is 0 Å². The van der Waals surface area contributed by atoms with Crippen LogP contribution >= 0.6 is 15.9 Å². The highest BCUT2D eigenvalue weighted by atomic mass is 79.9. The molecular formula is C12H16BrN3O. The van der Waals surface area contributed by atoms with Crippen molar-refractivity contribution in [3.63, 3.8) is 0 Å². The smallest absolute Gasteiger partial charge is 0.253 e. The zero-order chi connectivity index (χ0) is 12.5. The van der Waals surface area contributed by atoms with Gasteiger partial charge in [0.1, 0.15) is 5.82 Å². The number of pyridine rings is 1. The van der Waals surface area contributed by atoms with Gasteiger partial charge < -0.3 is 11.1 Å². The van der Waals surface area contributed by atoms with Gasteiger partial charge in [-0.2, -0.15) is 0 Å². The topological polar surface area (TPSA) is 68.0 Å². The molecule has 1 amide bonds. The summed E-state index contributed by atoms with van der Waals surface area (Å²) in [6.07, 6.45) is 5.99. The minimum absolute atomic E-state index is 0.0748. The maximum Gasteiger partial charge on any atom is 0.253 e. The highest BCUT2D eigenvalue weighted by molar-refractivity contribution is 9.10. The van der Waals surface area contributed by atoms with Crippen molar-refractivity contribution in [3.8, 4) is 0 Å². The molecule has 1 aromatic rings. The number of anilines is 1. The summed E-state index contributed by atoms with van der Waals surface area (Å²) in [4.78, 5) is 16.1. The van der Waals surface area contributed by atoms with Crippen molar-refractivity contribution < 1.29 is 4.79 Å². The number of hydrogen-bond acceptors (Lipinski definition) is 3. The number of nitrogen functional groups attached to an aromatic ring is 1. The van der Waals surface area contributed by atoms with Gasteiger partial charge in [-0.3, -0.25) is 4.79 Å². The molecule has 2 rings (SSSR count). The number of hydrogen-bond donors (Lipinski definition) is 2. The van der Waals surface area contributed by atoms with Crippen molar-refractivity contribution in [1.29, 1.82) is 0 Å². The molecule has 1 aromatic heterocycles. The summed E-state index contributed by atoms with van der Waals surface area (Å²) in [5.74, 6) is 0.269. The van der Waals surface area contributed by atoms with Crippen molar-refractivity contribution in [1.82, 2.24) is 10.3 Å². The SMILES string of the molecule is CC1(NC(=O)c2cc(N)ncc2Br)CCCC1. The van der Waals surface area contributed by atoms with Crippen LogP contribution in [-0.4, -0.2) is 16.4 Å². The molecule has 17 heavy (non-hydrogen) atoms. The zero-order valence-corrected chi connectivity index (χ0v) is 11.4. The Hall–Kier alpha value is -1.10. The summed E-state index contributed by atoms with van der Waals surface area (Å²) in [5, 5.41) is 3.09. The fraction of sp³-hybridized carbons (Fsp3) is 0.500. The molecule has 1 heterocycles. The summed E-state index contributed by atoms with van der Waals surface area (Å²) >= 11 is 3.32. The first-order chi connectivity index (χ1) is 8.00.